The van der Waals surface area contributed by atoms with Crippen LogP contribution in [-0.2, 0) is 4.74 Å². The molecule has 0 aliphatic carbocycles. The molecule has 1 aromatic carbocycles. The van der Waals surface area contributed by atoms with Crippen LogP contribution < -0.4 is 20.7 Å². The quantitative estimate of drug-likeness (QED) is 0.646. The molecule has 3 atom stereocenters. The zero-order valence-corrected chi connectivity index (χ0v) is 20.0. The lowest BCUT2D eigenvalue weighted by molar-refractivity contribution is 0.0281. The van der Waals surface area contributed by atoms with Crippen LogP contribution in [0.4, 0.5) is 16.2 Å². The maximum atomic E-state index is 13.3. The van der Waals surface area contributed by atoms with Crippen molar-refractivity contribution in [2.24, 2.45) is 5.92 Å². The predicted molar refractivity (Wildman–Crippen MR) is 125 cm³/mol. The third-order valence-electron chi connectivity index (χ3n) is 5.75. The number of methoxy groups -OCH3 is 1. The number of ether oxygens (including phenoxy) is 2. The van der Waals surface area contributed by atoms with Crippen molar-refractivity contribution < 1.29 is 23.6 Å². The minimum atomic E-state index is -0.467. The van der Waals surface area contributed by atoms with Crippen molar-refractivity contribution in [3.63, 3.8) is 0 Å². The number of nitrogens with zero attached hydrogens (tertiary/aromatic N) is 2. The number of likely N-dealkylation sites (N-methyl/N-ethyl adjacent to an activating group) is 1. The molecule has 0 unspecified atom stereocenters. The first kappa shape index (κ1) is 24.5. The maximum absolute atomic E-state index is 13.3. The highest BCUT2D eigenvalue weighted by Crippen LogP contribution is 2.26. The Bertz CT molecular complexity index is 972. The molecule has 0 saturated carbocycles. The fraction of sp³-hybridized carbons (Fsp3) is 0.522. The number of aromatic nitrogens is 1. The Morgan fingerprint density at radius 2 is 2.03 bits per heavy atom. The summed E-state index contributed by atoms with van der Waals surface area (Å²) in [4.78, 5) is 27.5. The first-order valence-corrected chi connectivity index (χ1v) is 11.0. The molecule has 0 radical (unpaired) electrons. The number of aryl methyl sites for hydroxylation is 2. The average molecular weight is 460 g/mol. The first-order chi connectivity index (χ1) is 15.7. The lowest BCUT2D eigenvalue weighted by atomic mass is 10.0. The molecule has 0 fully saturated rings. The van der Waals surface area contributed by atoms with E-state index in [0.717, 1.165) is 6.54 Å². The van der Waals surface area contributed by atoms with E-state index >= 15 is 0 Å². The van der Waals surface area contributed by atoms with E-state index in [1.807, 2.05) is 6.92 Å². The van der Waals surface area contributed by atoms with Gasteiger partial charge >= 0.3 is 6.03 Å². The number of carbonyl (C=O) groups excluding carboxylic acids is 2. The van der Waals surface area contributed by atoms with Gasteiger partial charge in [-0.1, -0.05) is 12.1 Å². The highest BCUT2D eigenvalue weighted by molar-refractivity contribution is 6.02. The van der Waals surface area contributed by atoms with Crippen molar-refractivity contribution in [3.05, 3.63) is 35.2 Å². The highest BCUT2D eigenvalue weighted by atomic mass is 16.5. The van der Waals surface area contributed by atoms with Crippen molar-refractivity contribution in [1.82, 2.24) is 15.4 Å². The summed E-state index contributed by atoms with van der Waals surface area (Å²) in [5.74, 6) is 0.956. The number of amides is 3. The highest BCUT2D eigenvalue weighted by Gasteiger charge is 2.25. The van der Waals surface area contributed by atoms with Crippen LogP contribution >= 0.6 is 0 Å². The number of hydrogen-bond donors (Lipinski definition) is 3. The average Bonchev–Trinajstić information content (AvgIpc) is 3.10. The van der Waals surface area contributed by atoms with Crippen molar-refractivity contribution in [2.45, 2.75) is 39.8 Å². The fourth-order valence-electron chi connectivity index (χ4n) is 3.68. The second kappa shape index (κ2) is 10.7. The van der Waals surface area contributed by atoms with Crippen molar-refractivity contribution in [2.75, 3.05) is 44.5 Å². The number of rotatable bonds is 3. The van der Waals surface area contributed by atoms with Gasteiger partial charge in [0.25, 0.3) is 5.91 Å². The third-order valence-corrected chi connectivity index (χ3v) is 5.75. The normalized spacial score (nSPS) is 21.9. The number of hydrogen-bond acceptors (Lipinski definition) is 7. The van der Waals surface area contributed by atoms with E-state index < -0.39 is 6.03 Å². The molecule has 0 bridgehead atoms. The second-order valence-electron chi connectivity index (χ2n) is 8.55. The number of fused-ring (bicyclic) bond motifs is 1. The summed E-state index contributed by atoms with van der Waals surface area (Å²) in [7, 11) is 3.39. The Morgan fingerprint density at radius 3 is 2.70 bits per heavy atom. The lowest BCUT2D eigenvalue weighted by Crippen LogP contribution is -2.44. The molecule has 180 valence electrons. The second-order valence-corrected chi connectivity index (χ2v) is 8.55. The van der Waals surface area contributed by atoms with Gasteiger partial charge in [-0.15, -0.1) is 0 Å². The summed E-state index contributed by atoms with van der Waals surface area (Å²) in [6.07, 6.45) is -0.121. The van der Waals surface area contributed by atoms with Crippen LogP contribution in [-0.4, -0.2) is 68.0 Å². The van der Waals surface area contributed by atoms with Crippen LogP contribution in [0.25, 0.3) is 0 Å². The molecular weight excluding hydrogens is 426 g/mol. The number of benzene rings is 1. The Kier molecular flexibility index (Phi) is 7.93. The molecule has 1 aliphatic rings. The molecule has 10 nitrogen and oxygen atoms in total. The Hall–Kier alpha value is -3.11. The third kappa shape index (κ3) is 6.02. The van der Waals surface area contributed by atoms with E-state index in [0.29, 0.717) is 47.3 Å². The molecule has 3 amide bonds. The monoisotopic (exact) mass is 459 g/mol. The molecule has 3 rings (SSSR count). The standard InChI is InChI=1S/C23H33N5O5/c1-13-10-24-14(2)12-32-19-8-7-17(9-18(19)22(29)28(5)11-20(13)31-6)25-23(30)26-21-15(3)27-33-16(21)4/h7-9,13-14,20,24H,10-12H2,1-6H3,(H2,25,26,30)/t13-,14+,20+/m0/s1. The van der Waals surface area contributed by atoms with Crippen LogP contribution in [0.15, 0.2) is 22.7 Å². The van der Waals surface area contributed by atoms with Crippen LogP contribution in [0, 0.1) is 19.8 Å². The topological polar surface area (TPSA) is 118 Å². The molecule has 33 heavy (non-hydrogen) atoms. The van der Waals surface area contributed by atoms with Gasteiger partial charge in [0.15, 0.2) is 5.76 Å². The van der Waals surface area contributed by atoms with Crippen molar-refractivity contribution >= 4 is 23.3 Å². The fourth-order valence-corrected chi connectivity index (χ4v) is 3.68. The van der Waals surface area contributed by atoms with Crippen LogP contribution in [0.5, 0.6) is 5.75 Å². The number of nitrogens with one attached hydrogen (secondary N) is 3. The van der Waals surface area contributed by atoms with Crippen molar-refractivity contribution in [3.8, 4) is 5.75 Å². The van der Waals surface area contributed by atoms with E-state index in [-0.39, 0.29) is 24.0 Å². The summed E-state index contributed by atoms with van der Waals surface area (Å²) in [5, 5.41) is 12.8. The molecule has 0 spiro atoms. The van der Waals surface area contributed by atoms with Gasteiger partial charge in [0, 0.05) is 39.0 Å². The molecular formula is C23H33N5O5. The van der Waals surface area contributed by atoms with Crippen LogP contribution in [0.1, 0.15) is 35.7 Å². The molecule has 1 aliphatic heterocycles. The van der Waals surface area contributed by atoms with Gasteiger partial charge in [-0.25, -0.2) is 4.79 Å². The molecule has 3 N–H and O–H groups in total. The van der Waals surface area contributed by atoms with Crippen LogP contribution in [0.3, 0.4) is 0 Å². The lowest BCUT2D eigenvalue weighted by Gasteiger charge is -2.30. The smallest absolute Gasteiger partial charge is 0.323 e. The van der Waals surface area contributed by atoms with Gasteiger partial charge in [0.2, 0.25) is 0 Å². The molecule has 10 heteroatoms. The SMILES string of the molecule is CO[C@@H]1CN(C)C(=O)c2cc(NC(=O)Nc3c(C)noc3C)ccc2OC[C@@H](C)NC[C@@H]1C. The minimum absolute atomic E-state index is 0.0868. The largest absolute Gasteiger partial charge is 0.491 e. The van der Waals surface area contributed by atoms with Gasteiger partial charge in [-0.05, 0) is 44.9 Å². The Labute approximate surface area is 194 Å². The van der Waals surface area contributed by atoms with Gasteiger partial charge in [0.05, 0.1) is 11.7 Å². The zero-order chi connectivity index (χ0) is 24.1. The Balaban J connectivity index is 1.84. The predicted octanol–water partition coefficient (Wildman–Crippen LogP) is 3.03. The number of urea groups is 1. The summed E-state index contributed by atoms with van der Waals surface area (Å²) < 4.78 is 16.7. The van der Waals surface area contributed by atoms with Crippen LogP contribution in [0.2, 0.25) is 0 Å². The van der Waals surface area contributed by atoms with Gasteiger partial charge in [0.1, 0.15) is 23.7 Å². The summed E-state index contributed by atoms with van der Waals surface area (Å²) in [6, 6.07) is 4.63. The summed E-state index contributed by atoms with van der Waals surface area (Å²) >= 11 is 0. The summed E-state index contributed by atoms with van der Waals surface area (Å²) in [5.41, 5.74) is 1.91. The molecule has 1 aromatic heterocycles. The molecule has 2 aromatic rings. The minimum Gasteiger partial charge on any atom is -0.491 e. The number of carbonyl (C=O) groups is 2. The summed E-state index contributed by atoms with van der Waals surface area (Å²) in [6.45, 7) is 9.15. The van der Waals surface area contributed by atoms with E-state index in [2.05, 4.69) is 28.0 Å². The zero-order valence-electron chi connectivity index (χ0n) is 20.0. The number of anilines is 2. The maximum Gasteiger partial charge on any atom is 0.323 e. The first-order valence-electron chi connectivity index (χ1n) is 11.0. The molecule has 0 saturated heterocycles. The van der Waals surface area contributed by atoms with Gasteiger partial charge < -0.3 is 34.8 Å². The van der Waals surface area contributed by atoms with Crippen molar-refractivity contribution in [1.29, 1.82) is 0 Å². The van der Waals surface area contributed by atoms with E-state index in [9.17, 15) is 9.59 Å². The van der Waals surface area contributed by atoms with E-state index in [1.54, 1.807) is 51.1 Å². The Morgan fingerprint density at radius 1 is 1.27 bits per heavy atom. The van der Waals surface area contributed by atoms with E-state index in [1.165, 1.54) is 0 Å². The molecule has 2 heterocycles. The van der Waals surface area contributed by atoms with Gasteiger partial charge in [-0.3, -0.25) is 4.79 Å². The van der Waals surface area contributed by atoms with Gasteiger partial charge in [-0.2, -0.15) is 0 Å². The van der Waals surface area contributed by atoms with E-state index in [4.69, 9.17) is 14.0 Å².